The van der Waals surface area contributed by atoms with Crippen molar-refractivity contribution in [1.29, 1.82) is 0 Å². The highest BCUT2D eigenvalue weighted by Crippen LogP contribution is 2.18. The first-order valence-electron chi connectivity index (χ1n) is 9.12. The number of nitrogens with zero attached hydrogens (tertiary/aromatic N) is 4. The lowest BCUT2D eigenvalue weighted by molar-refractivity contribution is 0.687. The van der Waals surface area contributed by atoms with Crippen molar-refractivity contribution in [2.75, 3.05) is 0 Å². The molecule has 0 fully saturated rings. The van der Waals surface area contributed by atoms with Crippen LogP contribution >= 0.6 is 0 Å². The molecular weight excluding hydrogens is 334 g/mol. The molecule has 0 amide bonds. The average molecular weight is 357 g/mol. The quantitative estimate of drug-likeness (QED) is 0.568. The molecule has 136 valence electrons. The van der Waals surface area contributed by atoms with Gasteiger partial charge in [-0.05, 0) is 49.7 Å². The molecule has 1 N–H and O–H groups in total. The van der Waals surface area contributed by atoms with Gasteiger partial charge in [0.2, 0.25) is 0 Å². The molecule has 0 aliphatic rings. The number of benzene rings is 2. The van der Waals surface area contributed by atoms with Crippen molar-refractivity contribution < 1.29 is 0 Å². The normalized spacial score (nSPS) is 11.0. The van der Waals surface area contributed by atoms with Crippen LogP contribution in [0.1, 0.15) is 22.5 Å². The fourth-order valence-corrected chi connectivity index (χ4v) is 3.27. The number of rotatable bonds is 6. The van der Waals surface area contributed by atoms with Crippen molar-refractivity contribution in [3.8, 4) is 11.4 Å². The first-order chi connectivity index (χ1) is 13.2. The van der Waals surface area contributed by atoms with Crippen LogP contribution in [0.5, 0.6) is 0 Å². The molecule has 2 aromatic carbocycles. The Labute approximate surface area is 159 Å². The van der Waals surface area contributed by atoms with Crippen LogP contribution in [-0.2, 0) is 13.1 Å². The standard InChI is InChI=1S/C22H23N5/c1-17-22(18(2)27(25-17)21-7-4-3-5-8-21)16-23-15-19-9-11-20(12-10-19)26-14-6-13-24-26/h3-14,23H,15-16H2,1-2H3. The summed E-state index contributed by atoms with van der Waals surface area (Å²) in [6.45, 7) is 5.81. The fraction of sp³-hybridized carbons (Fsp3) is 0.182. The Morgan fingerprint density at radius 2 is 1.63 bits per heavy atom. The summed E-state index contributed by atoms with van der Waals surface area (Å²) in [5.41, 5.74) is 6.92. The zero-order valence-electron chi connectivity index (χ0n) is 15.6. The molecule has 0 saturated carbocycles. The van der Waals surface area contributed by atoms with E-state index in [-0.39, 0.29) is 0 Å². The summed E-state index contributed by atoms with van der Waals surface area (Å²) in [7, 11) is 0. The van der Waals surface area contributed by atoms with Gasteiger partial charge < -0.3 is 5.32 Å². The zero-order chi connectivity index (χ0) is 18.6. The Bertz CT molecular complexity index is 999. The molecule has 4 rings (SSSR count). The highest BCUT2D eigenvalue weighted by molar-refractivity contribution is 5.37. The van der Waals surface area contributed by atoms with E-state index in [2.05, 4.69) is 60.7 Å². The maximum absolute atomic E-state index is 4.71. The smallest absolute Gasteiger partial charge is 0.0648 e. The van der Waals surface area contributed by atoms with Crippen LogP contribution in [-0.4, -0.2) is 19.6 Å². The predicted octanol–water partition coefficient (Wildman–Crippen LogP) is 3.96. The SMILES string of the molecule is Cc1nn(-c2ccccc2)c(C)c1CNCc1ccc(-n2cccn2)cc1. The predicted molar refractivity (Wildman–Crippen MR) is 107 cm³/mol. The molecule has 5 heteroatoms. The van der Waals surface area contributed by atoms with Crippen LogP contribution in [0, 0.1) is 13.8 Å². The van der Waals surface area contributed by atoms with E-state index in [1.165, 1.54) is 16.8 Å². The first kappa shape index (κ1) is 17.2. The summed E-state index contributed by atoms with van der Waals surface area (Å²) < 4.78 is 3.88. The van der Waals surface area contributed by atoms with E-state index in [1.807, 2.05) is 39.8 Å². The van der Waals surface area contributed by atoms with E-state index in [9.17, 15) is 0 Å². The molecule has 27 heavy (non-hydrogen) atoms. The molecule has 0 aliphatic heterocycles. The summed E-state index contributed by atoms with van der Waals surface area (Å²) >= 11 is 0. The van der Waals surface area contributed by atoms with Crippen LogP contribution in [0.15, 0.2) is 73.1 Å². The Morgan fingerprint density at radius 1 is 0.852 bits per heavy atom. The number of aromatic nitrogens is 4. The summed E-state index contributed by atoms with van der Waals surface area (Å²) in [4.78, 5) is 0. The molecule has 0 spiro atoms. The number of hydrogen-bond donors (Lipinski definition) is 1. The van der Waals surface area contributed by atoms with E-state index >= 15 is 0 Å². The van der Waals surface area contributed by atoms with Gasteiger partial charge in [0.15, 0.2) is 0 Å². The summed E-state index contributed by atoms with van der Waals surface area (Å²) in [5.74, 6) is 0. The van der Waals surface area contributed by atoms with Gasteiger partial charge in [0.1, 0.15) is 0 Å². The van der Waals surface area contributed by atoms with Crippen LogP contribution in [0.4, 0.5) is 0 Å². The van der Waals surface area contributed by atoms with Crippen LogP contribution in [0.2, 0.25) is 0 Å². The van der Waals surface area contributed by atoms with Crippen molar-refractivity contribution in [3.05, 3.63) is 95.6 Å². The van der Waals surface area contributed by atoms with Gasteiger partial charge in [-0.1, -0.05) is 30.3 Å². The fourth-order valence-electron chi connectivity index (χ4n) is 3.27. The molecule has 0 atom stereocenters. The van der Waals surface area contributed by atoms with Crippen LogP contribution < -0.4 is 5.32 Å². The second kappa shape index (κ2) is 7.60. The zero-order valence-corrected chi connectivity index (χ0v) is 15.6. The van der Waals surface area contributed by atoms with E-state index in [0.717, 1.165) is 30.2 Å². The van der Waals surface area contributed by atoms with Gasteiger partial charge in [0, 0.05) is 36.7 Å². The van der Waals surface area contributed by atoms with Gasteiger partial charge in [-0.2, -0.15) is 10.2 Å². The average Bonchev–Trinajstić information content (AvgIpc) is 3.33. The van der Waals surface area contributed by atoms with Crippen molar-refractivity contribution >= 4 is 0 Å². The topological polar surface area (TPSA) is 47.7 Å². The molecule has 0 radical (unpaired) electrons. The Hall–Kier alpha value is -3.18. The van der Waals surface area contributed by atoms with Gasteiger partial charge in [-0.3, -0.25) is 0 Å². The second-order valence-corrected chi connectivity index (χ2v) is 6.62. The molecule has 2 heterocycles. The van der Waals surface area contributed by atoms with E-state index in [0.29, 0.717) is 0 Å². The molecule has 4 aromatic rings. The summed E-state index contributed by atoms with van der Waals surface area (Å²) in [6.07, 6.45) is 3.74. The third-order valence-electron chi connectivity index (χ3n) is 4.78. The molecule has 5 nitrogen and oxygen atoms in total. The molecule has 0 aliphatic carbocycles. The monoisotopic (exact) mass is 357 g/mol. The third kappa shape index (κ3) is 3.68. The lowest BCUT2D eigenvalue weighted by Gasteiger charge is -2.08. The van der Waals surface area contributed by atoms with E-state index < -0.39 is 0 Å². The number of nitrogens with one attached hydrogen (secondary N) is 1. The molecular formula is C22H23N5. The number of para-hydroxylation sites is 1. The van der Waals surface area contributed by atoms with Crippen LogP contribution in [0.3, 0.4) is 0 Å². The Balaban J connectivity index is 1.41. The minimum Gasteiger partial charge on any atom is -0.308 e. The van der Waals surface area contributed by atoms with E-state index in [1.54, 1.807) is 6.20 Å². The second-order valence-electron chi connectivity index (χ2n) is 6.62. The summed E-state index contributed by atoms with van der Waals surface area (Å²) in [5, 5.41) is 12.5. The van der Waals surface area contributed by atoms with E-state index in [4.69, 9.17) is 5.10 Å². The lowest BCUT2D eigenvalue weighted by atomic mass is 10.1. The Morgan fingerprint density at radius 3 is 2.33 bits per heavy atom. The third-order valence-corrected chi connectivity index (χ3v) is 4.78. The molecule has 2 aromatic heterocycles. The lowest BCUT2D eigenvalue weighted by Crippen LogP contribution is -2.14. The van der Waals surface area contributed by atoms with Gasteiger partial charge in [-0.25, -0.2) is 9.36 Å². The van der Waals surface area contributed by atoms with Gasteiger partial charge in [-0.15, -0.1) is 0 Å². The highest BCUT2D eigenvalue weighted by Gasteiger charge is 2.12. The number of aryl methyl sites for hydroxylation is 1. The van der Waals surface area contributed by atoms with Crippen molar-refractivity contribution in [2.24, 2.45) is 0 Å². The van der Waals surface area contributed by atoms with Gasteiger partial charge >= 0.3 is 0 Å². The molecule has 0 unspecified atom stereocenters. The highest BCUT2D eigenvalue weighted by atomic mass is 15.3. The molecule has 0 saturated heterocycles. The minimum atomic E-state index is 0.797. The first-order valence-corrected chi connectivity index (χ1v) is 9.12. The maximum Gasteiger partial charge on any atom is 0.0648 e. The maximum atomic E-state index is 4.71. The minimum absolute atomic E-state index is 0.797. The van der Waals surface area contributed by atoms with Gasteiger partial charge in [0.25, 0.3) is 0 Å². The largest absolute Gasteiger partial charge is 0.308 e. The Kier molecular flexibility index (Phi) is 4.85. The number of hydrogen-bond acceptors (Lipinski definition) is 3. The van der Waals surface area contributed by atoms with Gasteiger partial charge in [0.05, 0.1) is 17.1 Å². The summed E-state index contributed by atoms with van der Waals surface area (Å²) in [6, 6.07) is 20.6. The van der Waals surface area contributed by atoms with Crippen molar-refractivity contribution in [3.63, 3.8) is 0 Å². The van der Waals surface area contributed by atoms with Crippen molar-refractivity contribution in [1.82, 2.24) is 24.9 Å². The van der Waals surface area contributed by atoms with Crippen LogP contribution in [0.25, 0.3) is 11.4 Å². The van der Waals surface area contributed by atoms with Crippen molar-refractivity contribution in [2.45, 2.75) is 26.9 Å². The molecule has 0 bridgehead atoms.